The number of carbonyl (C=O) groups excluding carboxylic acids is 2. The van der Waals surface area contributed by atoms with E-state index in [9.17, 15) is 9.59 Å². The first-order valence-corrected chi connectivity index (χ1v) is 6.47. The van der Waals surface area contributed by atoms with Gasteiger partial charge < -0.3 is 11.1 Å². The molecule has 0 fully saturated rings. The minimum absolute atomic E-state index is 0.135. The molecule has 1 aliphatic rings. The zero-order chi connectivity index (χ0) is 13.7. The van der Waals surface area contributed by atoms with Crippen molar-refractivity contribution in [3.05, 3.63) is 48.0 Å². The van der Waals surface area contributed by atoms with E-state index in [0.717, 1.165) is 12.8 Å². The van der Waals surface area contributed by atoms with Gasteiger partial charge in [-0.2, -0.15) is 0 Å². The third-order valence-corrected chi connectivity index (χ3v) is 3.28. The van der Waals surface area contributed by atoms with E-state index in [-0.39, 0.29) is 11.8 Å². The molecule has 0 saturated heterocycles. The number of hydrogen-bond acceptors (Lipinski definition) is 2. The van der Waals surface area contributed by atoms with Gasteiger partial charge in [0.15, 0.2) is 0 Å². The summed E-state index contributed by atoms with van der Waals surface area (Å²) in [7, 11) is 0. The molecule has 0 spiro atoms. The second-order valence-corrected chi connectivity index (χ2v) is 4.78. The standard InChI is InChI=1S/C15H18N2O2/c16-15(19)14(12-8-2-1-3-9-12)17-13(18)10-11-6-4-5-7-11/h1-4,6,8-9,11,14H,5,7,10H2,(H2,16,19)(H,17,18). The lowest BCUT2D eigenvalue weighted by Gasteiger charge is -2.17. The number of primary amides is 1. The van der Waals surface area contributed by atoms with Crippen LogP contribution >= 0.6 is 0 Å². The van der Waals surface area contributed by atoms with Gasteiger partial charge in [-0.15, -0.1) is 0 Å². The number of amides is 2. The van der Waals surface area contributed by atoms with Gasteiger partial charge in [-0.3, -0.25) is 9.59 Å². The maximum Gasteiger partial charge on any atom is 0.244 e. The molecule has 2 rings (SSSR count). The van der Waals surface area contributed by atoms with Crippen LogP contribution in [-0.2, 0) is 9.59 Å². The SMILES string of the molecule is NC(=O)C(NC(=O)CC1C=CCC1)c1ccccc1. The third kappa shape index (κ3) is 3.68. The Morgan fingerprint density at radius 2 is 2.05 bits per heavy atom. The van der Waals surface area contributed by atoms with Crippen molar-refractivity contribution in [3.8, 4) is 0 Å². The zero-order valence-electron chi connectivity index (χ0n) is 10.7. The highest BCUT2D eigenvalue weighted by Crippen LogP contribution is 2.21. The minimum Gasteiger partial charge on any atom is -0.368 e. The predicted molar refractivity (Wildman–Crippen MR) is 73.0 cm³/mol. The summed E-state index contributed by atoms with van der Waals surface area (Å²) < 4.78 is 0. The van der Waals surface area contributed by atoms with Gasteiger partial charge in [0.1, 0.15) is 6.04 Å². The lowest BCUT2D eigenvalue weighted by atomic mass is 10.0. The Hall–Kier alpha value is -2.10. The van der Waals surface area contributed by atoms with Crippen LogP contribution in [0.2, 0.25) is 0 Å². The number of hydrogen-bond donors (Lipinski definition) is 2. The van der Waals surface area contributed by atoms with Crippen LogP contribution in [0.5, 0.6) is 0 Å². The van der Waals surface area contributed by atoms with Gasteiger partial charge >= 0.3 is 0 Å². The Balaban J connectivity index is 1.99. The molecule has 4 nitrogen and oxygen atoms in total. The predicted octanol–water partition coefficient (Wildman–Crippen LogP) is 1.69. The molecule has 0 bridgehead atoms. The first kappa shape index (κ1) is 13.3. The highest BCUT2D eigenvalue weighted by molar-refractivity contribution is 5.87. The van der Waals surface area contributed by atoms with Crippen LogP contribution in [0.25, 0.3) is 0 Å². The van der Waals surface area contributed by atoms with Crippen LogP contribution in [0.3, 0.4) is 0 Å². The van der Waals surface area contributed by atoms with Crippen LogP contribution in [0.1, 0.15) is 30.9 Å². The van der Waals surface area contributed by atoms with Gasteiger partial charge in [0, 0.05) is 6.42 Å². The summed E-state index contributed by atoms with van der Waals surface area (Å²) in [5.41, 5.74) is 6.07. The summed E-state index contributed by atoms with van der Waals surface area (Å²) >= 11 is 0. The largest absolute Gasteiger partial charge is 0.368 e. The smallest absolute Gasteiger partial charge is 0.244 e. The normalized spacial score (nSPS) is 19.1. The van der Waals surface area contributed by atoms with E-state index in [0.29, 0.717) is 12.0 Å². The number of nitrogens with two attached hydrogens (primary N) is 1. The molecule has 3 N–H and O–H groups in total. The van der Waals surface area contributed by atoms with Gasteiger partial charge in [-0.1, -0.05) is 42.5 Å². The lowest BCUT2D eigenvalue weighted by molar-refractivity contribution is -0.127. The molecule has 0 radical (unpaired) electrons. The van der Waals surface area contributed by atoms with E-state index < -0.39 is 11.9 Å². The van der Waals surface area contributed by atoms with E-state index in [2.05, 4.69) is 17.5 Å². The summed E-state index contributed by atoms with van der Waals surface area (Å²) in [6.45, 7) is 0. The van der Waals surface area contributed by atoms with Crippen LogP contribution in [0, 0.1) is 5.92 Å². The Labute approximate surface area is 112 Å². The second-order valence-electron chi connectivity index (χ2n) is 4.78. The van der Waals surface area contributed by atoms with Crippen LogP contribution in [-0.4, -0.2) is 11.8 Å². The lowest BCUT2D eigenvalue weighted by Crippen LogP contribution is -2.37. The first-order valence-electron chi connectivity index (χ1n) is 6.47. The van der Waals surface area contributed by atoms with Crippen LogP contribution < -0.4 is 11.1 Å². The summed E-state index contributed by atoms with van der Waals surface area (Å²) in [6.07, 6.45) is 6.57. The molecule has 1 aliphatic carbocycles. The van der Waals surface area contributed by atoms with Crippen molar-refractivity contribution < 1.29 is 9.59 Å². The highest BCUT2D eigenvalue weighted by atomic mass is 16.2. The number of rotatable bonds is 5. The van der Waals surface area contributed by atoms with E-state index in [1.807, 2.05) is 18.2 Å². The zero-order valence-corrected chi connectivity index (χ0v) is 10.7. The molecule has 2 atom stereocenters. The number of carbonyl (C=O) groups is 2. The Morgan fingerprint density at radius 3 is 2.63 bits per heavy atom. The van der Waals surface area contributed by atoms with Crippen molar-refractivity contribution in [1.82, 2.24) is 5.32 Å². The van der Waals surface area contributed by atoms with Gasteiger partial charge in [0.25, 0.3) is 0 Å². The average molecular weight is 258 g/mol. The summed E-state index contributed by atoms with van der Waals surface area (Å²) in [5.74, 6) is -0.394. The van der Waals surface area contributed by atoms with Crippen molar-refractivity contribution in [2.24, 2.45) is 11.7 Å². The minimum atomic E-state index is -0.751. The molecule has 1 aromatic carbocycles. The number of nitrogens with one attached hydrogen (secondary N) is 1. The van der Waals surface area contributed by atoms with E-state index >= 15 is 0 Å². The summed E-state index contributed by atoms with van der Waals surface area (Å²) in [5, 5.41) is 2.71. The van der Waals surface area contributed by atoms with E-state index in [4.69, 9.17) is 5.73 Å². The first-order chi connectivity index (χ1) is 9.16. The van der Waals surface area contributed by atoms with Crippen molar-refractivity contribution in [2.75, 3.05) is 0 Å². The molecular formula is C15H18N2O2. The van der Waals surface area contributed by atoms with Crippen molar-refractivity contribution >= 4 is 11.8 Å². The molecule has 100 valence electrons. The van der Waals surface area contributed by atoms with Crippen molar-refractivity contribution in [3.63, 3.8) is 0 Å². The molecule has 0 heterocycles. The molecule has 1 aromatic rings. The summed E-state index contributed by atoms with van der Waals surface area (Å²) in [6, 6.07) is 8.30. The number of benzene rings is 1. The average Bonchev–Trinajstić information content (AvgIpc) is 2.89. The fourth-order valence-corrected chi connectivity index (χ4v) is 2.29. The fraction of sp³-hybridized carbons (Fsp3) is 0.333. The Kier molecular flexibility index (Phi) is 4.34. The van der Waals surface area contributed by atoms with Crippen molar-refractivity contribution in [1.29, 1.82) is 0 Å². The Morgan fingerprint density at radius 1 is 1.32 bits per heavy atom. The quantitative estimate of drug-likeness (QED) is 0.789. The van der Waals surface area contributed by atoms with Gasteiger partial charge in [0.05, 0.1) is 0 Å². The van der Waals surface area contributed by atoms with Crippen molar-refractivity contribution in [2.45, 2.75) is 25.3 Å². The van der Waals surface area contributed by atoms with E-state index in [1.54, 1.807) is 12.1 Å². The van der Waals surface area contributed by atoms with Crippen LogP contribution in [0.15, 0.2) is 42.5 Å². The summed E-state index contributed by atoms with van der Waals surface area (Å²) in [4.78, 5) is 23.4. The van der Waals surface area contributed by atoms with Gasteiger partial charge in [-0.05, 0) is 24.3 Å². The number of allylic oxidation sites excluding steroid dienone is 2. The molecule has 0 aromatic heterocycles. The molecule has 19 heavy (non-hydrogen) atoms. The van der Waals surface area contributed by atoms with Gasteiger partial charge in [0.2, 0.25) is 11.8 Å². The van der Waals surface area contributed by atoms with E-state index in [1.165, 1.54) is 0 Å². The molecule has 0 aliphatic heterocycles. The second kappa shape index (κ2) is 6.18. The molecule has 2 amide bonds. The fourth-order valence-electron chi connectivity index (χ4n) is 2.29. The molecular weight excluding hydrogens is 240 g/mol. The van der Waals surface area contributed by atoms with Gasteiger partial charge in [-0.25, -0.2) is 0 Å². The third-order valence-electron chi connectivity index (χ3n) is 3.28. The maximum atomic E-state index is 11.9. The molecule has 0 saturated carbocycles. The highest BCUT2D eigenvalue weighted by Gasteiger charge is 2.21. The topological polar surface area (TPSA) is 72.2 Å². The Bertz CT molecular complexity index is 482. The monoisotopic (exact) mass is 258 g/mol. The molecule has 2 unspecified atom stereocenters. The molecule has 4 heteroatoms. The van der Waals surface area contributed by atoms with Crippen LogP contribution in [0.4, 0.5) is 0 Å². The maximum absolute atomic E-state index is 11.9.